The first-order valence-corrected chi connectivity index (χ1v) is 6.58. The Morgan fingerprint density at radius 1 is 1.45 bits per heavy atom. The summed E-state index contributed by atoms with van der Waals surface area (Å²) in [7, 11) is 0. The molecular weight excluding hydrogens is 306 g/mol. The van der Waals surface area contributed by atoms with E-state index in [1.807, 2.05) is 0 Å². The van der Waals surface area contributed by atoms with Crippen LogP contribution in [0.3, 0.4) is 0 Å². The number of rotatable bonds is 4. The minimum Gasteiger partial charge on any atom is -0.477 e. The van der Waals surface area contributed by atoms with Crippen LogP contribution in [-0.2, 0) is 0 Å². The molecule has 0 aliphatic heterocycles. The van der Waals surface area contributed by atoms with E-state index in [0.717, 1.165) is 11.3 Å². The summed E-state index contributed by atoms with van der Waals surface area (Å²) in [6.07, 6.45) is 0. The molecule has 0 aliphatic carbocycles. The highest BCUT2D eigenvalue weighted by atomic mass is 35.5. The van der Waals surface area contributed by atoms with Gasteiger partial charge in [-0.15, -0.1) is 11.3 Å². The second-order valence-corrected chi connectivity index (χ2v) is 5.20. The molecule has 1 aromatic carbocycles. The zero-order chi connectivity index (χ0) is 14.9. The SMILES string of the molecule is Cc1cc([N+](=O)[O-])c(Cl)cc1Oc1csc(C(=O)O)c1. The summed E-state index contributed by atoms with van der Waals surface area (Å²) >= 11 is 6.83. The predicted octanol–water partition coefficient (Wildman–Crippen LogP) is 4.11. The highest BCUT2D eigenvalue weighted by Crippen LogP contribution is 2.35. The molecule has 1 aromatic heterocycles. The molecule has 0 unspecified atom stereocenters. The van der Waals surface area contributed by atoms with Crippen LogP contribution in [-0.4, -0.2) is 16.0 Å². The van der Waals surface area contributed by atoms with Crippen LogP contribution in [0.1, 0.15) is 15.2 Å². The highest BCUT2D eigenvalue weighted by molar-refractivity contribution is 7.12. The lowest BCUT2D eigenvalue weighted by molar-refractivity contribution is -0.384. The Morgan fingerprint density at radius 3 is 2.70 bits per heavy atom. The Kier molecular flexibility index (Phi) is 3.91. The Hall–Kier alpha value is -2.12. The van der Waals surface area contributed by atoms with Crippen LogP contribution in [0.15, 0.2) is 23.6 Å². The van der Waals surface area contributed by atoms with Crippen molar-refractivity contribution in [3.05, 3.63) is 49.2 Å². The highest BCUT2D eigenvalue weighted by Gasteiger charge is 2.17. The first kappa shape index (κ1) is 14.3. The fourth-order valence-electron chi connectivity index (χ4n) is 1.51. The molecule has 0 fully saturated rings. The molecule has 2 rings (SSSR count). The number of hydrogen-bond acceptors (Lipinski definition) is 5. The van der Waals surface area contributed by atoms with Crippen LogP contribution in [0, 0.1) is 17.0 Å². The van der Waals surface area contributed by atoms with E-state index in [1.54, 1.807) is 6.92 Å². The topological polar surface area (TPSA) is 89.7 Å². The van der Waals surface area contributed by atoms with Gasteiger partial charge < -0.3 is 9.84 Å². The van der Waals surface area contributed by atoms with Crippen molar-refractivity contribution in [1.29, 1.82) is 0 Å². The molecule has 0 amide bonds. The van der Waals surface area contributed by atoms with Crippen LogP contribution in [0.4, 0.5) is 5.69 Å². The van der Waals surface area contributed by atoms with Crippen LogP contribution < -0.4 is 4.74 Å². The molecule has 6 nitrogen and oxygen atoms in total. The van der Waals surface area contributed by atoms with Crippen molar-refractivity contribution in [2.75, 3.05) is 0 Å². The van der Waals surface area contributed by atoms with E-state index >= 15 is 0 Å². The molecule has 0 spiro atoms. The van der Waals surface area contributed by atoms with E-state index in [1.165, 1.54) is 23.6 Å². The van der Waals surface area contributed by atoms with Gasteiger partial charge >= 0.3 is 5.97 Å². The third-order valence-electron chi connectivity index (χ3n) is 2.46. The molecule has 1 N–H and O–H groups in total. The molecule has 0 aliphatic rings. The number of ether oxygens (including phenoxy) is 1. The Balaban J connectivity index is 2.31. The van der Waals surface area contributed by atoms with Crippen molar-refractivity contribution in [2.24, 2.45) is 0 Å². The van der Waals surface area contributed by atoms with Gasteiger partial charge in [0, 0.05) is 23.6 Å². The quantitative estimate of drug-likeness (QED) is 0.677. The van der Waals surface area contributed by atoms with E-state index in [-0.39, 0.29) is 15.6 Å². The van der Waals surface area contributed by atoms with Gasteiger partial charge in [-0.25, -0.2) is 4.79 Å². The van der Waals surface area contributed by atoms with Crippen molar-refractivity contribution >= 4 is 34.6 Å². The monoisotopic (exact) mass is 313 g/mol. The maximum absolute atomic E-state index is 10.8. The Morgan fingerprint density at radius 2 is 2.15 bits per heavy atom. The maximum atomic E-state index is 10.8. The third-order valence-corrected chi connectivity index (χ3v) is 3.65. The van der Waals surface area contributed by atoms with E-state index < -0.39 is 10.9 Å². The summed E-state index contributed by atoms with van der Waals surface area (Å²) in [4.78, 5) is 21.1. The maximum Gasteiger partial charge on any atom is 0.346 e. The Labute approximate surface area is 122 Å². The van der Waals surface area contributed by atoms with Gasteiger partial charge in [0.25, 0.3) is 5.69 Å². The van der Waals surface area contributed by atoms with Crippen molar-refractivity contribution in [1.82, 2.24) is 0 Å². The first-order valence-electron chi connectivity index (χ1n) is 5.32. The van der Waals surface area contributed by atoms with Crippen LogP contribution >= 0.6 is 22.9 Å². The normalized spacial score (nSPS) is 10.3. The van der Waals surface area contributed by atoms with Gasteiger partial charge in [0.1, 0.15) is 21.4 Å². The lowest BCUT2D eigenvalue weighted by Gasteiger charge is -2.07. The van der Waals surface area contributed by atoms with Gasteiger partial charge in [-0.05, 0) is 12.5 Å². The number of nitrogens with zero attached hydrogens (tertiary/aromatic N) is 1. The molecular formula is C12H8ClNO5S. The van der Waals surface area contributed by atoms with Gasteiger partial charge in [-0.1, -0.05) is 11.6 Å². The smallest absolute Gasteiger partial charge is 0.346 e. The number of halogens is 1. The average Bonchev–Trinajstić information content (AvgIpc) is 2.81. The van der Waals surface area contributed by atoms with Gasteiger partial charge in [0.15, 0.2) is 0 Å². The van der Waals surface area contributed by atoms with Crippen LogP contribution in [0.25, 0.3) is 0 Å². The van der Waals surface area contributed by atoms with Crippen LogP contribution in [0.5, 0.6) is 11.5 Å². The van der Waals surface area contributed by atoms with E-state index in [9.17, 15) is 14.9 Å². The number of hydrogen-bond donors (Lipinski definition) is 1. The molecule has 0 saturated carbocycles. The summed E-state index contributed by atoms with van der Waals surface area (Å²) in [6, 6.07) is 4.02. The standard InChI is InChI=1S/C12H8ClNO5S/c1-6-2-9(14(17)18)8(13)4-10(6)19-7-3-11(12(15)16)20-5-7/h2-5H,1H3,(H,15,16). The predicted molar refractivity (Wildman–Crippen MR) is 74.2 cm³/mol. The first-order chi connectivity index (χ1) is 9.38. The lowest BCUT2D eigenvalue weighted by atomic mass is 10.2. The summed E-state index contributed by atoms with van der Waals surface area (Å²) < 4.78 is 5.50. The second kappa shape index (κ2) is 5.48. The zero-order valence-electron chi connectivity index (χ0n) is 10.1. The summed E-state index contributed by atoms with van der Waals surface area (Å²) in [5.41, 5.74) is 0.331. The van der Waals surface area contributed by atoms with Gasteiger partial charge in [-0.3, -0.25) is 10.1 Å². The van der Waals surface area contributed by atoms with Gasteiger partial charge in [0.2, 0.25) is 0 Å². The number of nitro benzene ring substituents is 1. The molecule has 1 heterocycles. The number of aryl methyl sites for hydroxylation is 1. The minimum absolute atomic E-state index is 0.0377. The zero-order valence-corrected chi connectivity index (χ0v) is 11.7. The summed E-state index contributed by atoms with van der Waals surface area (Å²) in [5, 5.41) is 21.1. The largest absolute Gasteiger partial charge is 0.477 e. The molecule has 20 heavy (non-hydrogen) atoms. The summed E-state index contributed by atoms with van der Waals surface area (Å²) in [6.45, 7) is 1.64. The van der Waals surface area contributed by atoms with Crippen molar-refractivity contribution in [2.45, 2.75) is 6.92 Å². The van der Waals surface area contributed by atoms with Gasteiger partial charge in [-0.2, -0.15) is 0 Å². The average molecular weight is 314 g/mol. The lowest BCUT2D eigenvalue weighted by Crippen LogP contribution is -1.93. The minimum atomic E-state index is -1.04. The number of carboxylic acid groups (broad SMARTS) is 1. The molecule has 0 saturated heterocycles. The fraction of sp³-hybridized carbons (Fsp3) is 0.0833. The number of thiophene rings is 1. The molecule has 0 bridgehead atoms. The molecule has 0 radical (unpaired) electrons. The number of nitro groups is 1. The van der Waals surface area contributed by atoms with Crippen molar-refractivity contribution < 1.29 is 19.6 Å². The number of carboxylic acids is 1. The molecule has 2 aromatic rings. The summed E-state index contributed by atoms with van der Waals surface area (Å²) in [5.74, 6) is -0.348. The van der Waals surface area contributed by atoms with E-state index in [4.69, 9.17) is 21.4 Å². The number of benzene rings is 1. The number of carbonyl (C=O) groups is 1. The van der Waals surface area contributed by atoms with Crippen LogP contribution in [0.2, 0.25) is 5.02 Å². The molecule has 0 atom stereocenters. The molecule has 104 valence electrons. The molecule has 8 heteroatoms. The van der Waals surface area contributed by atoms with E-state index in [0.29, 0.717) is 17.1 Å². The van der Waals surface area contributed by atoms with E-state index in [2.05, 4.69) is 0 Å². The second-order valence-electron chi connectivity index (χ2n) is 3.88. The van der Waals surface area contributed by atoms with Crippen molar-refractivity contribution in [3.8, 4) is 11.5 Å². The fourth-order valence-corrected chi connectivity index (χ4v) is 2.38. The Bertz CT molecular complexity index is 697. The third kappa shape index (κ3) is 2.89. The number of aromatic carboxylic acids is 1. The van der Waals surface area contributed by atoms with Gasteiger partial charge in [0.05, 0.1) is 4.92 Å². The van der Waals surface area contributed by atoms with Crippen molar-refractivity contribution in [3.63, 3.8) is 0 Å².